The molecule has 1 fully saturated rings. The Kier molecular flexibility index (Phi) is 3.93. The van der Waals surface area contributed by atoms with Crippen LogP contribution in [0.15, 0.2) is 18.2 Å². The number of nitrogens with two attached hydrogens (primary N) is 2. The fraction of sp³-hybridized carbons (Fsp3) is 0.583. The second-order valence-electron chi connectivity index (χ2n) is 4.63. The molecule has 1 aliphatic heterocycles. The van der Waals surface area contributed by atoms with E-state index in [0.29, 0.717) is 18.9 Å². The molecule has 0 bridgehead atoms. The zero-order chi connectivity index (χ0) is 12.3. The highest BCUT2D eigenvalue weighted by Crippen LogP contribution is 2.20. The van der Waals surface area contributed by atoms with Crippen LogP contribution in [0.2, 0.25) is 0 Å². The third-order valence-corrected chi connectivity index (χ3v) is 3.23. The normalized spacial score (nSPS) is 25.3. The van der Waals surface area contributed by atoms with Crippen LogP contribution in [0.1, 0.15) is 5.69 Å². The highest BCUT2D eigenvalue weighted by atomic mass is 16.3. The van der Waals surface area contributed by atoms with Crippen molar-refractivity contribution in [1.29, 1.82) is 0 Å². The summed E-state index contributed by atoms with van der Waals surface area (Å²) in [5.74, 6) is 0.768. The van der Waals surface area contributed by atoms with Crippen molar-refractivity contribution in [3.05, 3.63) is 23.9 Å². The number of nitrogens with zero attached hydrogens (tertiary/aromatic N) is 2. The topological polar surface area (TPSA) is 88.4 Å². The molecule has 5 heteroatoms. The van der Waals surface area contributed by atoms with Gasteiger partial charge >= 0.3 is 0 Å². The van der Waals surface area contributed by atoms with E-state index in [4.69, 9.17) is 11.5 Å². The van der Waals surface area contributed by atoms with Gasteiger partial charge in [-0.25, -0.2) is 4.98 Å². The van der Waals surface area contributed by atoms with Crippen LogP contribution in [-0.2, 0) is 6.42 Å². The molecule has 1 aromatic heterocycles. The van der Waals surface area contributed by atoms with Crippen molar-refractivity contribution in [3.8, 4) is 0 Å². The van der Waals surface area contributed by atoms with E-state index < -0.39 is 0 Å². The van der Waals surface area contributed by atoms with Gasteiger partial charge in [-0.3, -0.25) is 4.90 Å². The van der Waals surface area contributed by atoms with E-state index in [1.54, 1.807) is 6.07 Å². The van der Waals surface area contributed by atoms with E-state index in [9.17, 15) is 5.11 Å². The quantitative estimate of drug-likeness (QED) is 0.653. The first kappa shape index (κ1) is 12.3. The zero-order valence-electron chi connectivity index (χ0n) is 9.92. The van der Waals surface area contributed by atoms with Crippen LogP contribution < -0.4 is 11.5 Å². The number of aliphatic hydroxyl groups is 1. The zero-order valence-corrected chi connectivity index (χ0v) is 9.92. The minimum Gasteiger partial charge on any atom is -0.391 e. The molecule has 5 N–H and O–H groups in total. The number of β-amino-alcohol motifs (C(OH)–C–C–N with tert-alkyl or cyclic N) is 1. The maximum atomic E-state index is 9.98. The van der Waals surface area contributed by atoms with Gasteiger partial charge in [0.05, 0.1) is 6.10 Å². The van der Waals surface area contributed by atoms with Crippen molar-refractivity contribution in [2.45, 2.75) is 12.5 Å². The van der Waals surface area contributed by atoms with Gasteiger partial charge in [0.2, 0.25) is 0 Å². The van der Waals surface area contributed by atoms with E-state index >= 15 is 0 Å². The molecule has 1 aliphatic rings. The van der Waals surface area contributed by atoms with Crippen LogP contribution in [0.4, 0.5) is 5.82 Å². The van der Waals surface area contributed by atoms with Gasteiger partial charge in [-0.15, -0.1) is 0 Å². The Morgan fingerprint density at radius 1 is 1.41 bits per heavy atom. The van der Waals surface area contributed by atoms with Gasteiger partial charge in [0, 0.05) is 37.8 Å². The van der Waals surface area contributed by atoms with Crippen molar-refractivity contribution in [3.63, 3.8) is 0 Å². The van der Waals surface area contributed by atoms with Gasteiger partial charge in [0.1, 0.15) is 5.82 Å². The molecule has 0 amide bonds. The predicted octanol–water partition coefficient (Wildman–Crippen LogP) is -0.542. The lowest BCUT2D eigenvalue weighted by atomic mass is 10.00. The number of anilines is 1. The Labute approximate surface area is 101 Å². The first-order valence-corrected chi connectivity index (χ1v) is 6.01. The van der Waals surface area contributed by atoms with Gasteiger partial charge in [0.15, 0.2) is 0 Å². The maximum absolute atomic E-state index is 9.98. The summed E-state index contributed by atoms with van der Waals surface area (Å²) in [4.78, 5) is 6.46. The minimum absolute atomic E-state index is 0.232. The maximum Gasteiger partial charge on any atom is 0.123 e. The number of likely N-dealkylation sites (tertiary alicyclic amines) is 1. The third-order valence-electron chi connectivity index (χ3n) is 3.23. The van der Waals surface area contributed by atoms with E-state index in [2.05, 4.69) is 9.88 Å². The lowest BCUT2D eigenvalue weighted by Crippen LogP contribution is -2.28. The average Bonchev–Trinajstić information content (AvgIpc) is 2.60. The fourth-order valence-corrected chi connectivity index (χ4v) is 2.39. The standard InChI is InChI=1S/C12H20N4O/c13-4-5-16-7-9(11(17)8-16)6-10-2-1-3-12(14)15-10/h1-3,9,11,17H,4-8,13H2,(H2,14,15)/t9-,11-/m0/s1. The molecule has 2 rings (SSSR count). The first-order chi connectivity index (χ1) is 8.19. The molecule has 0 aliphatic carbocycles. The SMILES string of the molecule is NCCN1C[C@H](Cc2cccc(N)n2)[C@@H](O)C1. The summed E-state index contributed by atoms with van der Waals surface area (Å²) in [7, 11) is 0. The second-order valence-corrected chi connectivity index (χ2v) is 4.63. The molecule has 5 nitrogen and oxygen atoms in total. The Morgan fingerprint density at radius 2 is 2.24 bits per heavy atom. The van der Waals surface area contributed by atoms with Gasteiger partial charge in [-0.05, 0) is 18.6 Å². The van der Waals surface area contributed by atoms with Crippen molar-refractivity contribution in [1.82, 2.24) is 9.88 Å². The molecule has 94 valence electrons. The van der Waals surface area contributed by atoms with Crippen LogP contribution >= 0.6 is 0 Å². The van der Waals surface area contributed by atoms with Gasteiger partial charge in [0.25, 0.3) is 0 Å². The van der Waals surface area contributed by atoms with E-state index in [0.717, 1.165) is 25.2 Å². The summed E-state index contributed by atoms with van der Waals surface area (Å²) in [6.45, 7) is 3.08. The summed E-state index contributed by atoms with van der Waals surface area (Å²) in [6, 6.07) is 5.63. The number of aliphatic hydroxyl groups excluding tert-OH is 1. The average molecular weight is 236 g/mol. The molecule has 2 atom stereocenters. The lowest BCUT2D eigenvalue weighted by Gasteiger charge is -2.14. The van der Waals surface area contributed by atoms with Crippen LogP contribution in [0.25, 0.3) is 0 Å². The number of hydrogen-bond acceptors (Lipinski definition) is 5. The van der Waals surface area contributed by atoms with E-state index in [1.807, 2.05) is 12.1 Å². The number of nitrogen functional groups attached to an aromatic ring is 1. The molecule has 1 saturated heterocycles. The van der Waals surface area contributed by atoms with Crippen LogP contribution in [-0.4, -0.2) is 47.3 Å². The molecule has 0 spiro atoms. The molecule has 0 aromatic carbocycles. The largest absolute Gasteiger partial charge is 0.391 e. The van der Waals surface area contributed by atoms with Crippen molar-refractivity contribution in [2.75, 3.05) is 31.9 Å². The van der Waals surface area contributed by atoms with Crippen molar-refractivity contribution < 1.29 is 5.11 Å². The molecular weight excluding hydrogens is 216 g/mol. The third kappa shape index (κ3) is 3.15. The number of aromatic nitrogens is 1. The van der Waals surface area contributed by atoms with Gasteiger partial charge < -0.3 is 16.6 Å². The minimum atomic E-state index is -0.287. The second kappa shape index (κ2) is 5.44. The number of pyridine rings is 1. The van der Waals surface area contributed by atoms with Gasteiger partial charge in [-0.1, -0.05) is 6.07 Å². The monoisotopic (exact) mass is 236 g/mol. The summed E-state index contributed by atoms with van der Waals surface area (Å²) < 4.78 is 0. The molecule has 0 saturated carbocycles. The number of rotatable bonds is 4. The molecule has 0 radical (unpaired) electrons. The fourth-order valence-electron chi connectivity index (χ4n) is 2.39. The Balaban J connectivity index is 1.95. The smallest absolute Gasteiger partial charge is 0.123 e. The summed E-state index contributed by atoms with van der Waals surface area (Å²) in [5.41, 5.74) is 12.1. The molecule has 17 heavy (non-hydrogen) atoms. The Morgan fingerprint density at radius 3 is 2.94 bits per heavy atom. The molecule has 2 heterocycles. The Hall–Kier alpha value is -1.17. The molecule has 0 unspecified atom stereocenters. The van der Waals surface area contributed by atoms with Crippen LogP contribution in [0, 0.1) is 5.92 Å². The lowest BCUT2D eigenvalue weighted by molar-refractivity contribution is 0.141. The van der Waals surface area contributed by atoms with Crippen molar-refractivity contribution >= 4 is 5.82 Å². The summed E-state index contributed by atoms with van der Waals surface area (Å²) >= 11 is 0. The summed E-state index contributed by atoms with van der Waals surface area (Å²) in [6.07, 6.45) is 0.484. The van der Waals surface area contributed by atoms with E-state index in [1.165, 1.54) is 0 Å². The van der Waals surface area contributed by atoms with Crippen LogP contribution in [0.5, 0.6) is 0 Å². The Bertz CT molecular complexity index is 371. The van der Waals surface area contributed by atoms with Gasteiger partial charge in [-0.2, -0.15) is 0 Å². The highest BCUT2D eigenvalue weighted by molar-refractivity contribution is 5.29. The first-order valence-electron chi connectivity index (χ1n) is 6.01. The summed E-state index contributed by atoms with van der Waals surface area (Å²) in [5, 5.41) is 9.98. The predicted molar refractivity (Wildman–Crippen MR) is 67.3 cm³/mol. The molecule has 1 aromatic rings. The van der Waals surface area contributed by atoms with E-state index in [-0.39, 0.29) is 12.0 Å². The number of hydrogen-bond donors (Lipinski definition) is 3. The molecular formula is C12H20N4O. The van der Waals surface area contributed by atoms with Crippen LogP contribution in [0.3, 0.4) is 0 Å². The highest BCUT2D eigenvalue weighted by Gasteiger charge is 2.30. The van der Waals surface area contributed by atoms with Crippen molar-refractivity contribution in [2.24, 2.45) is 11.7 Å².